The lowest BCUT2D eigenvalue weighted by Crippen LogP contribution is -2.33. The summed E-state index contributed by atoms with van der Waals surface area (Å²) >= 11 is 0. The third-order valence-electron chi connectivity index (χ3n) is 4.45. The molecule has 0 saturated heterocycles. The van der Waals surface area contributed by atoms with Crippen molar-refractivity contribution >= 4 is 11.6 Å². The second-order valence-corrected chi connectivity index (χ2v) is 7.86. The molecule has 1 aliphatic rings. The minimum atomic E-state index is -0.422. The van der Waals surface area contributed by atoms with Crippen LogP contribution in [0.3, 0.4) is 0 Å². The van der Waals surface area contributed by atoms with Crippen molar-refractivity contribution in [2.75, 3.05) is 11.9 Å². The molecule has 2 rings (SSSR count). The topological polar surface area (TPSA) is 20.3 Å². The summed E-state index contributed by atoms with van der Waals surface area (Å²) < 4.78 is 0. The quantitative estimate of drug-likeness (QED) is 0.744. The summed E-state index contributed by atoms with van der Waals surface area (Å²) in [5, 5.41) is 0. The molecule has 1 amide bonds. The number of carbonyl (C=O) groups excluding carboxylic acids is 1. The van der Waals surface area contributed by atoms with Gasteiger partial charge in [-0.1, -0.05) is 46.8 Å². The highest BCUT2D eigenvalue weighted by atomic mass is 16.2. The minimum Gasteiger partial charge on any atom is -0.314 e. The summed E-state index contributed by atoms with van der Waals surface area (Å²) in [6.07, 6.45) is 0. The molecule has 1 heterocycles. The normalized spacial score (nSPS) is 17.9. The molecule has 2 heteroatoms. The van der Waals surface area contributed by atoms with Crippen LogP contribution in [-0.2, 0) is 15.6 Å². The van der Waals surface area contributed by atoms with E-state index in [2.05, 4.69) is 46.8 Å². The molecule has 0 aliphatic carbocycles. The first-order valence-electron chi connectivity index (χ1n) is 7.45. The average molecular weight is 273 g/mol. The van der Waals surface area contributed by atoms with Crippen molar-refractivity contribution in [1.82, 2.24) is 0 Å². The van der Waals surface area contributed by atoms with E-state index in [0.29, 0.717) is 5.92 Å². The standard InChI is InChI=1S/C18H27NO/c1-11(2)12-9-13(17(3,4)5)15-14(10-12)18(6,7)16(20)19(15)8/h9-11H,1-8H3. The molecule has 0 fully saturated rings. The molecule has 0 spiro atoms. The van der Waals surface area contributed by atoms with Crippen LogP contribution in [0.15, 0.2) is 12.1 Å². The number of carbonyl (C=O) groups is 1. The second-order valence-electron chi connectivity index (χ2n) is 7.86. The van der Waals surface area contributed by atoms with Gasteiger partial charge in [0.05, 0.1) is 11.1 Å². The summed E-state index contributed by atoms with van der Waals surface area (Å²) in [6.45, 7) is 15.1. The lowest BCUT2D eigenvalue weighted by atomic mass is 9.78. The smallest absolute Gasteiger partial charge is 0.236 e. The van der Waals surface area contributed by atoms with Crippen LogP contribution in [0.25, 0.3) is 0 Å². The average Bonchev–Trinajstić information content (AvgIpc) is 2.49. The molecule has 0 radical (unpaired) electrons. The Morgan fingerprint density at radius 2 is 1.70 bits per heavy atom. The van der Waals surface area contributed by atoms with E-state index in [-0.39, 0.29) is 11.3 Å². The molecule has 0 saturated carbocycles. The highest BCUT2D eigenvalue weighted by Gasteiger charge is 2.44. The predicted octanol–water partition coefficient (Wildman–Crippen LogP) is 4.36. The number of amides is 1. The number of nitrogens with zero attached hydrogens (tertiary/aromatic N) is 1. The summed E-state index contributed by atoms with van der Waals surface area (Å²) in [7, 11) is 1.90. The Labute approximate surface area is 123 Å². The fourth-order valence-corrected chi connectivity index (χ4v) is 3.04. The molecule has 0 bridgehead atoms. The number of fused-ring (bicyclic) bond motifs is 1. The van der Waals surface area contributed by atoms with Crippen LogP contribution in [0, 0.1) is 0 Å². The SMILES string of the molecule is CC(C)c1cc(C(C)(C)C)c2c(c1)C(C)(C)C(=O)N2C. The van der Waals surface area contributed by atoms with E-state index >= 15 is 0 Å². The fraction of sp³-hybridized carbons (Fsp3) is 0.611. The van der Waals surface area contributed by atoms with Gasteiger partial charge in [-0.15, -0.1) is 0 Å². The van der Waals surface area contributed by atoms with Gasteiger partial charge in [-0.05, 0) is 41.9 Å². The van der Waals surface area contributed by atoms with Crippen LogP contribution in [0.1, 0.15) is 71.1 Å². The summed E-state index contributed by atoms with van der Waals surface area (Å²) in [5.41, 5.74) is 4.52. The van der Waals surface area contributed by atoms with Crippen LogP contribution in [0.4, 0.5) is 5.69 Å². The molecule has 110 valence electrons. The van der Waals surface area contributed by atoms with Crippen molar-refractivity contribution in [3.63, 3.8) is 0 Å². The number of hydrogen-bond acceptors (Lipinski definition) is 1. The van der Waals surface area contributed by atoms with Gasteiger partial charge in [0.15, 0.2) is 0 Å². The van der Waals surface area contributed by atoms with Gasteiger partial charge in [-0.2, -0.15) is 0 Å². The number of anilines is 1. The molecule has 0 aromatic heterocycles. The van der Waals surface area contributed by atoms with E-state index in [0.717, 1.165) is 5.69 Å². The molecule has 1 aliphatic heterocycles. The highest BCUT2D eigenvalue weighted by molar-refractivity contribution is 6.08. The first kappa shape index (κ1) is 15.1. The molecular weight excluding hydrogens is 246 g/mol. The van der Waals surface area contributed by atoms with E-state index in [1.165, 1.54) is 16.7 Å². The Morgan fingerprint density at radius 3 is 2.15 bits per heavy atom. The molecule has 2 nitrogen and oxygen atoms in total. The van der Waals surface area contributed by atoms with Gasteiger partial charge < -0.3 is 4.90 Å². The van der Waals surface area contributed by atoms with Gasteiger partial charge in [0.1, 0.15) is 0 Å². The minimum absolute atomic E-state index is 0.0317. The monoisotopic (exact) mass is 273 g/mol. The molecule has 1 aromatic rings. The number of likely N-dealkylation sites (N-methyl/N-ethyl adjacent to an activating group) is 1. The Morgan fingerprint density at radius 1 is 1.15 bits per heavy atom. The fourth-order valence-electron chi connectivity index (χ4n) is 3.04. The largest absolute Gasteiger partial charge is 0.314 e. The molecule has 0 N–H and O–H groups in total. The van der Waals surface area contributed by atoms with E-state index < -0.39 is 5.41 Å². The Balaban J connectivity index is 2.83. The van der Waals surface area contributed by atoms with E-state index in [1.54, 1.807) is 0 Å². The van der Waals surface area contributed by atoms with Crippen molar-refractivity contribution in [3.8, 4) is 0 Å². The lowest BCUT2D eigenvalue weighted by Gasteiger charge is -2.27. The Bertz CT molecular complexity index is 562. The maximum Gasteiger partial charge on any atom is 0.236 e. The van der Waals surface area contributed by atoms with Gasteiger partial charge in [-0.3, -0.25) is 4.79 Å². The number of benzene rings is 1. The molecule has 20 heavy (non-hydrogen) atoms. The van der Waals surface area contributed by atoms with Gasteiger partial charge >= 0.3 is 0 Å². The highest BCUT2D eigenvalue weighted by Crippen LogP contribution is 2.47. The predicted molar refractivity (Wildman–Crippen MR) is 85.7 cm³/mol. The second kappa shape index (κ2) is 4.34. The third-order valence-corrected chi connectivity index (χ3v) is 4.45. The van der Waals surface area contributed by atoms with Gasteiger partial charge in [-0.25, -0.2) is 0 Å². The first-order chi connectivity index (χ1) is 8.98. The zero-order valence-corrected chi connectivity index (χ0v) is 14.1. The van der Waals surface area contributed by atoms with Gasteiger partial charge in [0, 0.05) is 7.05 Å². The zero-order chi connectivity index (χ0) is 15.5. The van der Waals surface area contributed by atoms with Crippen LogP contribution in [-0.4, -0.2) is 13.0 Å². The van der Waals surface area contributed by atoms with E-state index in [4.69, 9.17) is 0 Å². The zero-order valence-electron chi connectivity index (χ0n) is 14.1. The maximum atomic E-state index is 12.6. The van der Waals surface area contributed by atoms with Crippen LogP contribution in [0.5, 0.6) is 0 Å². The van der Waals surface area contributed by atoms with E-state index in [1.807, 2.05) is 25.8 Å². The Hall–Kier alpha value is -1.31. The third kappa shape index (κ3) is 2.06. The summed E-state index contributed by atoms with van der Waals surface area (Å²) in [4.78, 5) is 14.4. The van der Waals surface area contributed by atoms with Crippen LogP contribution < -0.4 is 4.90 Å². The summed E-state index contributed by atoms with van der Waals surface area (Å²) in [6, 6.07) is 4.52. The first-order valence-corrected chi connectivity index (χ1v) is 7.45. The van der Waals surface area contributed by atoms with Crippen LogP contribution >= 0.6 is 0 Å². The molecule has 0 atom stereocenters. The van der Waals surface area contributed by atoms with Gasteiger partial charge in [0.2, 0.25) is 5.91 Å². The van der Waals surface area contributed by atoms with Crippen molar-refractivity contribution in [2.24, 2.45) is 0 Å². The molecule has 0 unspecified atom stereocenters. The van der Waals surface area contributed by atoms with E-state index in [9.17, 15) is 4.79 Å². The van der Waals surface area contributed by atoms with Crippen molar-refractivity contribution < 1.29 is 4.79 Å². The van der Waals surface area contributed by atoms with Gasteiger partial charge in [0.25, 0.3) is 0 Å². The van der Waals surface area contributed by atoms with Crippen molar-refractivity contribution in [3.05, 3.63) is 28.8 Å². The molecular formula is C18H27NO. The van der Waals surface area contributed by atoms with Crippen molar-refractivity contribution in [2.45, 2.75) is 65.2 Å². The van der Waals surface area contributed by atoms with Crippen LogP contribution in [0.2, 0.25) is 0 Å². The maximum absolute atomic E-state index is 12.6. The van der Waals surface area contributed by atoms with Crippen molar-refractivity contribution in [1.29, 1.82) is 0 Å². The lowest BCUT2D eigenvalue weighted by molar-refractivity contribution is -0.121. The Kier molecular flexibility index (Phi) is 3.27. The molecule has 1 aromatic carbocycles. The summed E-state index contributed by atoms with van der Waals surface area (Å²) in [5.74, 6) is 0.664. The number of rotatable bonds is 1. The number of hydrogen-bond donors (Lipinski definition) is 0.